The molecule has 5 nitrogen and oxygen atoms in total. The smallest absolute Gasteiger partial charge is 0.228 e. The minimum atomic E-state index is 0.281. The first-order valence-corrected chi connectivity index (χ1v) is 7.36. The van der Waals surface area contributed by atoms with E-state index in [1.807, 2.05) is 50.3 Å². The Hall–Kier alpha value is -2.17. The summed E-state index contributed by atoms with van der Waals surface area (Å²) in [6.07, 6.45) is 4.11. The minimum absolute atomic E-state index is 0.281. The van der Waals surface area contributed by atoms with E-state index in [1.165, 1.54) is 0 Å². The van der Waals surface area contributed by atoms with Crippen molar-refractivity contribution in [3.63, 3.8) is 0 Å². The largest absolute Gasteiger partial charge is 0.363 e. The molecule has 110 valence electrons. The molecule has 2 aromatic heterocycles. The summed E-state index contributed by atoms with van der Waals surface area (Å²) in [5.41, 5.74) is 2.10. The summed E-state index contributed by atoms with van der Waals surface area (Å²) < 4.78 is 0. The zero-order chi connectivity index (χ0) is 14.8. The molecular weight excluding hydrogens is 262 g/mol. The second-order valence-electron chi connectivity index (χ2n) is 5.67. The molecule has 1 fully saturated rings. The number of nitrogens with zero attached hydrogens (tertiary/aromatic N) is 5. The average molecular weight is 283 g/mol. The molecule has 1 aliphatic rings. The number of aryl methyl sites for hydroxylation is 1. The summed E-state index contributed by atoms with van der Waals surface area (Å²) in [5, 5.41) is 0. The zero-order valence-electron chi connectivity index (χ0n) is 12.8. The summed E-state index contributed by atoms with van der Waals surface area (Å²) in [6.45, 7) is 3.00. The standard InChI is InChI=1S/C16H21N5/c1-12-11-15(20(2)3)19-16(18-12)21-10-6-8-14(21)13-7-4-5-9-17-13/h4-5,7,9,11,14H,6,8,10H2,1-3H3. The molecule has 1 unspecified atom stereocenters. The van der Waals surface area contributed by atoms with Crippen LogP contribution in [0.4, 0.5) is 11.8 Å². The van der Waals surface area contributed by atoms with Crippen molar-refractivity contribution in [2.24, 2.45) is 0 Å². The fraction of sp³-hybridized carbons (Fsp3) is 0.438. The lowest BCUT2D eigenvalue weighted by molar-refractivity contribution is 0.678. The van der Waals surface area contributed by atoms with Crippen molar-refractivity contribution in [1.29, 1.82) is 0 Å². The second-order valence-corrected chi connectivity index (χ2v) is 5.67. The van der Waals surface area contributed by atoms with Gasteiger partial charge in [0.05, 0.1) is 11.7 Å². The lowest BCUT2D eigenvalue weighted by Crippen LogP contribution is -2.26. The first-order chi connectivity index (χ1) is 10.1. The van der Waals surface area contributed by atoms with Crippen molar-refractivity contribution in [3.05, 3.63) is 41.9 Å². The van der Waals surface area contributed by atoms with Crippen LogP contribution in [-0.4, -0.2) is 35.6 Å². The molecule has 21 heavy (non-hydrogen) atoms. The van der Waals surface area contributed by atoms with Crippen molar-refractivity contribution in [2.75, 3.05) is 30.4 Å². The van der Waals surface area contributed by atoms with Crippen LogP contribution in [0.2, 0.25) is 0 Å². The number of anilines is 2. The molecule has 0 bridgehead atoms. The van der Waals surface area contributed by atoms with Gasteiger partial charge >= 0.3 is 0 Å². The lowest BCUT2D eigenvalue weighted by atomic mass is 10.1. The Morgan fingerprint density at radius 1 is 1.24 bits per heavy atom. The fourth-order valence-corrected chi connectivity index (χ4v) is 2.78. The number of hydrogen-bond donors (Lipinski definition) is 0. The maximum absolute atomic E-state index is 4.70. The third-order valence-corrected chi connectivity index (χ3v) is 3.83. The summed E-state index contributed by atoms with van der Waals surface area (Å²) in [6, 6.07) is 8.38. The highest BCUT2D eigenvalue weighted by molar-refractivity contribution is 5.46. The topological polar surface area (TPSA) is 45.2 Å². The summed E-state index contributed by atoms with van der Waals surface area (Å²) in [4.78, 5) is 18.1. The van der Waals surface area contributed by atoms with Crippen LogP contribution >= 0.6 is 0 Å². The minimum Gasteiger partial charge on any atom is -0.363 e. The molecule has 2 aromatic rings. The van der Waals surface area contributed by atoms with E-state index in [-0.39, 0.29) is 6.04 Å². The van der Waals surface area contributed by atoms with E-state index in [4.69, 9.17) is 4.98 Å². The normalized spacial score (nSPS) is 18.0. The van der Waals surface area contributed by atoms with E-state index in [0.29, 0.717) is 0 Å². The van der Waals surface area contributed by atoms with Crippen LogP contribution < -0.4 is 9.80 Å². The van der Waals surface area contributed by atoms with Crippen LogP contribution in [0.25, 0.3) is 0 Å². The molecule has 0 N–H and O–H groups in total. The van der Waals surface area contributed by atoms with Crippen molar-refractivity contribution < 1.29 is 0 Å². The lowest BCUT2D eigenvalue weighted by Gasteiger charge is -2.25. The predicted molar refractivity (Wildman–Crippen MR) is 84.7 cm³/mol. The quantitative estimate of drug-likeness (QED) is 0.866. The van der Waals surface area contributed by atoms with Crippen molar-refractivity contribution >= 4 is 11.8 Å². The molecule has 0 amide bonds. The maximum Gasteiger partial charge on any atom is 0.228 e. The van der Waals surface area contributed by atoms with Crippen LogP contribution in [0, 0.1) is 6.92 Å². The number of hydrogen-bond acceptors (Lipinski definition) is 5. The van der Waals surface area contributed by atoms with Crippen LogP contribution in [0.3, 0.4) is 0 Å². The molecule has 0 saturated carbocycles. The molecule has 1 aliphatic heterocycles. The van der Waals surface area contributed by atoms with Gasteiger partial charge < -0.3 is 9.80 Å². The van der Waals surface area contributed by atoms with Gasteiger partial charge in [-0.25, -0.2) is 4.98 Å². The highest BCUT2D eigenvalue weighted by Crippen LogP contribution is 2.33. The molecule has 0 spiro atoms. The van der Waals surface area contributed by atoms with E-state index < -0.39 is 0 Å². The van der Waals surface area contributed by atoms with Crippen LogP contribution in [0.5, 0.6) is 0 Å². The Kier molecular flexibility index (Phi) is 3.73. The van der Waals surface area contributed by atoms with Gasteiger partial charge in [-0.05, 0) is 31.9 Å². The summed E-state index contributed by atoms with van der Waals surface area (Å²) >= 11 is 0. The van der Waals surface area contributed by atoms with Gasteiger partial charge in [-0.2, -0.15) is 4.98 Å². The maximum atomic E-state index is 4.70. The zero-order valence-corrected chi connectivity index (χ0v) is 12.8. The Labute approximate surface area is 125 Å². The van der Waals surface area contributed by atoms with Crippen LogP contribution in [-0.2, 0) is 0 Å². The van der Waals surface area contributed by atoms with Crippen LogP contribution in [0.1, 0.15) is 30.3 Å². The number of aromatic nitrogens is 3. The van der Waals surface area contributed by atoms with E-state index in [2.05, 4.69) is 20.9 Å². The first-order valence-electron chi connectivity index (χ1n) is 7.36. The third kappa shape index (κ3) is 2.82. The van der Waals surface area contributed by atoms with Gasteiger partial charge in [0.25, 0.3) is 0 Å². The molecule has 0 aromatic carbocycles. The van der Waals surface area contributed by atoms with Gasteiger partial charge in [0.2, 0.25) is 5.95 Å². The van der Waals surface area contributed by atoms with Gasteiger partial charge in [0.15, 0.2) is 0 Å². The molecule has 5 heteroatoms. The first kappa shape index (κ1) is 13.8. The van der Waals surface area contributed by atoms with Crippen molar-refractivity contribution in [2.45, 2.75) is 25.8 Å². The molecule has 0 aliphatic carbocycles. The molecular formula is C16H21N5. The number of pyridine rings is 1. The summed E-state index contributed by atoms with van der Waals surface area (Å²) in [7, 11) is 4.01. The Bertz CT molecular complexity index is 611. The van der Waals surface area contributed by atoms with Gasteiger partial charge in [-0.3, -0.25) is 4.98 Å². The van der Waals surface area contributed by atoms with Gasteiger partial charge in [-0.15, -0.1) is 0 Å². The highest BCUT2D eigenvalue weighted by atomic mass is 15.3. The van der Waals surface area contributed by atoms with Gasteiger partial charge in [0, 0.05) is 38.6 Å². The summed E-state index contributed by atoms with van der Waals surface area (Å²) in [5.74, 6) is 1.76. The fourth-order valence-electron chi connectivity index (χ4n) is 2.78. The number of rotatable bonds is 3. The predicted octanol–water partition coefficient (Wildman–Crippen LogP) is 2.59. The molecule has 0 radical (unpaired) electrons. The van der Waals surface area contributed by atoms with Crippen molar-refractivity contribution in [3.8, 4) is 0 Å². The Balaban J connectivity index is 1.95. The average Bonchev–Trinajstić information content (AvgIpc) is 2.97. The second kappa shape index (κ2) is 5.68. The molecule has 3 heterocycles. The van der Waals surface area contributed by atoms with E-state index in [0.717, 1.165) is 42.5 Å². The SMILES string of the molecule is Cc1cc(N(C)C)nc(N2CCCC2c2ccccn2)n1. The van der Waals surface area contributed by atoms with Crippen LogP contribution in [0.15, 0.2) is 30.5 Å². The van der Waals surface area contributed by atoms with E-state index in [9.17, 15) is 0 Å². The third-order valence-electron chi connectivity index (χ3n) is 3.83. The Morgan fingerprint density at radius 3 is 2.81 bits per heavy atom. The highest BCUT2D eigenvalue weighted by Gasteiger charge is 2.29. The molecule has 3 rings (SSSR count). The van der Waals surface area contributed by atoms with Gasteiger partial charge in [0.1, 0.15) is 5.82 Å². The van der Waals surface area contributed by atoms with E-state index in [1.54, 1.807) is 0 Å². The van der Waals surface area contributed by atoms with E-state index >= 15 is 0 Å². The monoisotopic (exact) mass is 283 g/mol. The van der Waals surface area contributed by atoms with Crippen molar-refractivity contribution in [1.82, 2.24) is 15.0 Å². The van der Waals surface area contributed by atoms with Gasteiger partial charge in [-0.1, -0.05) is 6.07 Å². The molecule has 1 saturated heterocycles. The Morgan fingerprint density at radius 2 is 2.10 bits per heavy atom. The molecule has 1 atom stereocenters.